The molecule has 0 aliphatic heterocycles. The molecule has 1 saturated carbocycles. The number of thiazole rings is 1. The van der Waals surface area contributed by atoms with Gasteiger partial charge in [-0.25, -0.2) is 4.98 Å². The summed E-state index contributed by atoms with van der Waals surface area (Å²) in [6.45, 7) is 5.05. The number of rotatable bonds is 5. The molecular weight excluding hydrogens is 431 g/mol. The summed E-state index contributed by atoms with van der Waals surface area (Å²) in [4.78, 5) is 10.2. The number of aliphatic imine (C=N–C) groups is 1. The van der Waals surface area contributed by atoms with Crippen LogP contribution in [0.5, 0.6) is 0 Å². The molecule has 24 heavy (non-hydrogen) atoms. The average molecular weight is 456 g/mol. The lowest BCUT2D eigenvalue weighted by atomic mass is 10.1. The molecule has 2 atom stereocenters. The van der Waals surface area contributed by atoms with Gasteiger partial charge in [0.2, 0.25) is 0 Å². The zero-order valence-corrected chi connectivity index (χ0v) is 17.5. The van der Waals surface area contributed by atoms with E-state index in [9.17, 15) is 0 Å². The van der Waals surface area contributed by atoms with Gasteiger partial charge in [-0.1, -0.05) is 30.3 Å². The summed E-state index contributed by atoms with van der Waals surface area (Å²) >= 11 is 1.79. The minimum Gasteiger partial charge on any atom is -0.356 e. The van der Waals surface area contributed by atoms with Gasteiger partial charge >= 0.3 is 0 Å². The summed E-state index contributed by atoms with van der Waals surface area (Å²) in [7, 11) is 1.83. The fraction of sp³-hybridized carbons (Fsp3) is 0.444. The van der Waals surface area contributed by atoms with E-state index in [0.29, 0.717) is 12.0 Å². The molecule has 2 aromatic rings. The molecule has 1 heterocycles. The molecular formula is C18H25IN4S. The minimum atomic E-state index is 0. The van der Waals surface area contributed by atoms with Crippen LogP contribution in [0.3, 0.4) is 0 Å². The van der Waals surface area contributed by atoms with E-state index in [1.165, 1.54) is 21.9 Å². The highest BCUT2D eigenvalue weighted by molar-refractivity contribution is 14.0. The Hall–Kier alpha value is -1.15. The third-order valence-electron chi connectivity index (χ3n) is 4.27. The van der Waals surface area contributed by atoms with Crippen LogP contribution in [0.2, 0.25) is 0 Å². The van der Waals surface area contributed by atoms with Crippen molar-refractivity contribution < 1.29 is 0 Å². The number of hydrogen-bond donors (Lipinski definition) is 2. The van der Waals surface area contributed by atoms with Crippen LogP contribution < -0.4 is 10.6 Å². The molecule has 1 aromatic heterocycles. The minimum absolute atomic E-state index is 0. The Labute approximate surface area is 165 Å². The Morgan fingerprint density at radius 3 is 2.67 bits per heavy atom. The largest absolute Gasteiger partial charge is 0.356 e. The predicted octanol–water partition coefficient (Wildman–Crippen LogP) is 3.64. The molecule has 1 aromatic carbocycles. The number of nitrogens with zero attached hydrogens (tertiary/aromatic N) is 2. The Morgan fingerprint density at radius 2 is 2.04 bits per heavy atom. The number of halogens is 1. The Balaban J connectivity index is 0.00000208. The molecule has 2 N–H and O–H groups in total. The third kappa shape index (κ3) is 4.92. The van der Waals surface area contributed by atoms with Crippen molar-refractivity contribution in [3.8, 4) is 0 Å². The van der Waals surface area contributed by atoms with Crippen LogP contribution in [0.25, 0.3) is 0 Å². The van der Waals surface area contributed by atoms with Gasteiger partial charge in [-0.2, -0.15) is 0 Å². The second kappa shape index (κ2) is 8.80. The van der Waals surface area contributed by atoms with Crippen molar-refractivity contribution in [1.29, 1.82) is 0 Å². The van der Waals surface area contributed by atoms with Crippen LogP contribution in [0.1, 0.15) is 33.5 Å². The highest BCUT2D eigenvalue weighted by atomic mass is 127. The number of aryl methyl sites for hydroxylation is 2. The van der Waals surface area contributed by atoms with Crippen LogP contribution >= 0.6 is 35.3 Å². The van der Waals surface area contributed by atoms with Crippen LogP contribution in [0, 0.1) is 13.8 Å². The number of nitrogens with one attached hydrogen (secondary N) is 2. The summed E-state index contributed by atoms with van der Waals surface area (Å²) in [6, 6.07) is 11.2. The van der Waals surface area contributed by atoms with Gasteiger partial charge in [0, 0.05) is 36.9 Å². The SMILES string of the molecule is CN=C(NCCc1nc(C)c(C)s1)NC1CC1c1ccccc1.I. The van der Waals surface area contributed by atoms with Crippen molar-refractivity contribution in [2.24, 2.45) is 4.99 Å². The van der Waals surface area contributed by atoms with Crippen molar-refractivity contribution >= 4 is 41.3 Å². The normalized spacial score (nSPS) is 19.5. The first-order valence-electron chi connectivity index (χ1n) is 8.12. The lowest BCUT2D eigenvalue weighted by Crippen LogP contribution is -2.39. The average Bonchev–Trinajstić information content (AvgIpc) is 3.26. The highest BCUT2D eigenvalue weighted by Crippen LogP contribution is 2.40. The maximum absolute atomic E-state index is 4.58. The molecule has 1 fully saturated rings. The highest BCUT2D eigenvalue weighted by Gasteiger charge is 2.38. The molecule has 3 rings (SSSR count). The van der Waals surface area contributed by atoms with Gasteiger partial charge in [0.1, 0.15) is 0 Å². The van der Waals surface area contributed by atoms with Gasteiger partial charge < -0.3 is 10.6 Å². The van der Waals surface area contributed by atoms with Crippen molar-refractivity contribution in [3.05, 3.63) is 51.5 Å². The fourth-order valence-electron chi connectivity index (χ4n) is 2.73. The van der Waals surface area contributed by atoms with Gasteiger partial charge in [0.25, 0.3) is 0 Å². The molecule has 0 radical (unpaired) electrons. The van der Waals surface area contributed by atoms with Crippen molar-refractivity contribution in [3.63, 3.8) is 0 Å². The molecule has 4 nitrogen and oxygen atoms in total. The summed E-state index contributed by atoms with van der Waals surface area (Å²) < 4.78 is 0. The summed E-state index contributed by atoms with van der Waals surface area (Å²) in [6.07, 6.45) is 2.11. The first kappa shape index (κ1) is 19.2. The fourth-order valence-corrected chi connectivity index (χ4v) is 3.66. The third-order valence-corrected chi connectivity index (χ3v) is 5.40. The molecule has 6 heteroatoms. The number of benzene rings is 1. The van der Waals surface area contributed by atoms with Crippen molar-refractivity contribution in [2.45, 2.75) is 38.6 Å². The smallest absolute Gasteiger partial charge is 0.191 e. The van der Waals surface area contributed by atoms with E-state index in [2.05, 4.69) is 64.8 Å². The molecule has 2 unspecified atom stereocenters. The van der Waals surface area contributed by atoms with Crippen molar-refractivity contribution in [2.75, 3.05) is 13.6 Å². The number of guanidine groups is 1. The van der Waals surface area contributed by atoms with E-state index in [4.69, 9.17) is 0 Å². The van der Waals surface area contributed by atoms with Gasteiger partial charge in [-0.3, -0.25) is 4.99 Å². The molecule has 130 valence electrons. The molecule has 0 bridgehead atoms. The number of aromatic nitrogens is 1. The molecule has 1 aliphatic carbocycles. The molecule has 0 amide bonds. The molecule has 0 spiro atoms. The van der Waals surface area contributed by atoms with E-state index in [-0.39, 0.29) is 24.0 Å². The summed E-state index contributed by atoms with van der Waals surface area (Å²) in [5.41, 5.74) is 2.56. The lowest BCUT2D eigenvalue weighted by molar-refractivity contribution is 0.777. The van der Waals surface area contributed by atoms with E-state index in [1.54, 1.807) is 11.3 Å². The van der Waals surface area contributed by atoms with E-state index in [1.807, 2.05) is 7.05 Å². The molecule has 0 saturated heterocycles. The van der Waals surface area contributed by atoms with E-state index >= 15 is 0 Å². The van der Waals surface area contributed by atoms with E-state index in [0.717, 1.165) is 24.6 Å². The first-order chi connectivity index (χ1) is 11.2. The van der Waals surface area contributed by atoms with Gasteiger partial charge in [-0.15, -0.1) is 35.3 Å². The van der Waals surface area contributed by atoms with Gasteiger partial charge in [0.05, 0.1) is 10.7 Å². The zero-order chi connectivity index (χ0) is 16.2. The second-order valence-corrected chi connectivity index (χ2v) is 7.29. The monoisotopic (exact) mass is 456 g/mol. The van der Waals surface area contributed by atoms with Crippen LogP contribution in [-0.2, 0) is 6.42 Å². The molecule has 1 aliphatic rings. The quantitative estimate of drug-likeness (QED) is 0.411. The Kier molecular flexibility index (Phi) is 7.03. The lowest BCUT2D eigenvalue weighted by Gasteiger charge is -2.11. The topological polar surface area (TPSA) is 49.3 Å². The first-order valence-corrected chi connectivity index (χ1v) is 8.94. The number of hydrogen-bond acceptors (Lipinski definition) is 3. The predicted molar refractivity (Wildman–Crippen MR) is 113 cm³/mol. The van der Waals surface area contributed by atoms with Gasteiger partial charge in [-0.05, 0) is 25.8 Å². The maximum Gasteiger partial charge on any atom is 0.191 e. The summed E-state index contributed by atoms with van der Waals surface area (Å²) in [5, 5.41) is 8.10. The van der Waals surface area contributed by atoms with Crippen LogP contribution in [0.15, 0.2) is 35.3 Å². The van der Waals surface area contributed by atoms with Gasteiger partial charge in [0.15, 0.2) is 5.96 Å². The standard InChI is InChI=1S/C18H24N4S.HI/c1-12-13(2)23-17(21-12)9-10-20-18(19-3)22-16-11-15(16)14-7-5-4-6-8-14;/h4-8,15-16H,9-11H2,1-3H3,(H2,19,20,22);1H. The maximum atomic E-state index is 4.58. The Bertz CT molecular complexity index is 664. The Morgan fingerprint density at radius 1 is 1.29 bits per heavy atom. The van der Waals surface area contributed by atoms with Crippen LogP contribution in [0.4, 0.5) is 0 Å². The van der Waals surface area contributed by atoms with Crippen molar-refractivity contribution in [1.82, 2.24) is 15.6 Å². The summed E-state index contributed by atoms with van der Waals surface area (Å²) in [5.74, 6) is 1.50. The zero-order valence-electron chi connectivity index (χ0n) is 14.4. The van der Waals surface area contributed by atoms with Crippen LogP contribution in [-0.4, -0.2) is 30.6 Å². The van der Waals surface area contributed by atoms with E-state index < -0.39 is 0 Å². The second-order valence-electron chi connectivity index (χ2n) is 6.00.